The van der Waals surface area contributed by atoms with Crippen LogP contribution in [0.25, 0.3) is 0 Å². The van der Waals surface area contributed by atoms with Crippen LogP contribution in [-0.4, -0.2) is 28.8 Å². The molecule has 1 amide bonds. The van der Waals surface area contributed by atoms with Crippen molar-refractivity contribution >= 4 is 17.7 Å². The van der Waals surface area contributed by atoms with Crippen LogP contribution >= 0.6 is 0 Å². The minimum atomic E-state index is -1.38. The summed E-state index contributed by atoms with van der Waals surface area (Å²) in [6.45, 7) is 4.50. The number of carbonyl (C=O) groups excluding carboxylic acids is 2. The summed E-state index contributed by atoms with van der Waals surface area (Å²) in [6.07, 6.45) is 0.228. The molecule has 0 heterocycles. The molecule has 0 aliphatic carbocycles. The highest BCUT2D eigenvalue weighted by molar-refractivity contribution is 6.18. The van der Waals surface area contributed by atoms with E-state index in [4.69, 9.17) is 5.11 Å². The van der Waals surface area contributed by atoms with Crippen LogP contribution < -0.4 is 5.32 Å². The number of carboxylic acids is 1. The number of carboxylic acid groups (broad SMARTS) is 1. The lowest BCUT2D eigenvalue weighted by atomic mass is 9.98. The van der Waals surface area contributed by atoms with Gasteiger partial charge in [0, 0.05) is 13.3 Å². The SMILES string of the molecule is C=C(C(=O)O)C(=O)C(Cc1ccccc1)NC(C)=O. The van der Waals surface area contributed by atoms with Crippen molar-refractivity contribution in [2.45, 2.75) is 19.4 Å². The molecular weight excluding hydrogens is 246 g/mol. The Balaban J connectivity index is 2.89. The lowest BCUT2D eigenvalue weighted by Gasteiger charge is -2.16. The van der Waals surface area contributed by atoms with Crippen molar-refractivity contribution in [3.63, 3.8) is 0 Å². The molecule has 5 nitrogen and oxygen atoms in total. The highest BCUT2D eigenvalue weighted by atomic mass is 16.4. The summed E-state index contributed by atoms with van der Waals surface area (Å²) in [7, 11) is 0. The first kappa shape index (κ1) is 14.6. The molecule has 0 fully saturated rings. The predicted octanol–water partition coefficient (Wildman–Crippen LogP) is 0.944. The second-order valence-electron chi connectivity index (χ2n) is 4.09. The van der Waals surface area contributed by atoms with Crippen molar-refractivity contribution < 1.29 is 19.5 Å². The highest BCUT2D eigenvalue weighted by Crippen LogP contribution is 2.07. The van der Waals surface area contributed by atoms with Crippen molar-refractivity contribution in [1.29, 1.82) is 0 Å². The van der Waals surface area contributed by atoms with Crippen LogP contribution in [0.1, 0.15) is 12.5 Å². The molecule has 1 aromatic rings. The van der Waals surface area contributed by atoms with Crippen LogP contribution in [0.3, 0.4) is 0 Å². The van der Waals surface area contributed by atoms with Crippen LogP contribution in [-0.2, 0) is 20.8 Å². The summed E-state index contributed by atoms with van der Waals surface area (Å²) in [4.78, 5) is 33.8. The number of rotatable bonds is 6. The zero-order valence-electron chi connectivity index (χ0n) is 10.6. The van der Waals surface area contributed by atoms with Crippen LogP contribution in [0.5, 0.6) is 0 Å². The van der Waals surface area contributed by atoms with Gasteiger partial charge in [0.25, 0.3) is 0 Å². The van der Waals surface area contributed by atoms with Gasteiger partial charge in [-0.25, -0.2) is 4.79 Å². The van der Waals surface area contributed by atoms with E-state index in [1.54, 1.807) is 24.3 Å². The van der Waals surface area contributed by atoms with Crippen molar-refractivity contribution in [3.8, 4) is 0 Å². The third kappa shape index (κ3) is 4.39. The Bertz CT molecular complexity index is 507. The molecular formula is C14H15NO4. The van der Waals surface area contributed by atoms with E-state index in [9.17, 15) is 14.4 Å². The van der Waals surface area contributed by atoms with E-state index in [0.29, 0.717) is 0 Å². The number of benzene rings is 1. The highest BCUT2D eigenvalue weighted by Gasteiger charge is 2.25. The van der Waals surface area contributed by atoms with Gasteiger partial charge in [0.1, 0.15) is 0 Å². The van der Waals surface area contributed by atoms with Crippen LogP contribution in [0.15, 0.2) is 42.5 Å². The van der Waals surface area contributed by atoms with Crippen molar-refractivity contribution in [3.05, 3.63) is 48.0 Å². The first-order valence-electron chi connectivity index (χ1n) is 5.69. The summed E-state index contributed by atoms with van der Waals surface area (Å²) in [6, 6.07) is 8.11. The van der Waals surface area contributed by atoms with E-state index in [-0.39, 0.29) is 6.42 Å². The molecule has 19 heavy (non-hydrogen) atoms. The standard InChI is InChI=1S/C14H15NO4/c1-9(14(18)19)13(17)12(15-10(2)16)8-11-6-4-3-5-7-11/h3-7,12H,1,8H2,2H3,(H,15,16)(H,18,19). The van der Waals surface area contributed by atoms with Crippen molar-refractivity contribution in [2.75, 3.05) is 0 Å². The van der Waals surface area contributed by atoms with Gasteiger partial charge < -0.3 is 10.4 Å². The van der Waals surface area contributed by atoms with Gasteiger partial charge in [-0.1, -0.05) is 36.9 Å². The third-order valence-electron chi connectivity index (χ3n) is 2.53. The molecule has 0 aliphatic heterocycles. The molecule has 0 aliphatic rings. The number of ketones is 1. The topological polar surface area (TPSA) is 83.5 Å². The zero-order chi connectivity index (χ0) is 14.4. The van der Waals surface area contributed by atoms with E-state index < -0.39 is 29.3 Å². The molecule has 100 valence electrons. The van der Waals surface area contributed by atoms with Gasteiger partial charge in [0.15, 0.2) is 5.78 Å². The summed E-state index contributed by atoms with van der Waals surface area (Å²) in [5.74, 6) is -2.47. The molecule has 1 atom stereocenters. The lowest BCUT2D eigenvalue weighted by Crippen LogP contribution is -2.42. The summed E-state index contributed by atoms with van der Waals surface area (Å²) in [5, 5.41) is 11.2. The molecule has 0 saturated carbocycles. The Hall–Kier alpha value is -2.43. The third-order valence-corrected chi connectivity index (χ3v) is 2.53. The smallest absolute Gasteiger partial charge is 0.338 e. The second kappa shape index (κ2) is 6.49. The number of amides is 1. The van der Waals surface area contributed by atoms with Gasteiger partial charge in [0.05, 0.1) is 11.6 Å². The maximum atomic E-state index is 11.9. The lowest BCUT2D eigenvalue weighted by molar-refractivity contribution is -0.135. The number of carbonyl (C=O) groups is 3. The molecule has 0 aromatic heterocycles. The second-order valence-corrected chi connectivity index (χ2v) is 4.09. The summed E-state index contributed by atoms with van der Waals surface area (Å²) in [5.41, 5.74) is 0.294. The van der Waals surface area contributed by atoms with Crippen LogP contribution in [0.4, 0.5) is 0 Å². The number of hydrogen-bond donors (Lipinski definition) is 2. The van der Waals surface area contributed by atoms with E-state index in [1.807, 2.05) is 6.07 Å². The Morgan fingerprint density at radius 3 is 2.32 bits per heavy atom. The quantitative estimate of drug-likeness (QED) is 0.453. The molecule has 1 unspecified atom stereocenters. The minimum absolute atomic E-state index is 0.228. The molecule has 1 aromatic carbocycles. The van der Waals surface area contributed by atoms with Crippen LogP contribution in [0, 0.1) is 0 Å². The maximum Gasteiger partial charge on any atom is 0.338 e. The molecule has 5 heteroatoms. The first-order valence-corrected chi connectivity index (χ1v) is 5.69. The average Bonchev–Trinajstić information content (AvgIpc) is 2.36. The number of aliphatic carboxylic acids is 1. The summed E-state index contributed by atoms with van der Waals surface area (Å²) >= 11 is 0. The Morgan fingerprint density at radius 1 is 1.26 bits per heavy atom. The molecule has 0 saturated heterocycles. The van der Waals surface area contributed by atoms with Gasteiger partial charge in [-0.3, -0.25) is 9.59 Å². The van der Waals surface area contributed by atoms with E-state index in [1.165, 1.54) is 6.92 Å². The molecule has 2 N–H and O–H groups in total. The molecule has 0 radical (unpaired) electrons. The number of hydrogen-bond acceptors (Lipinski definition) is 3. The van der Waals surface area contributed by atoms with Gasteiger partial charge in [-0.2, -0.15) is 0 Å². The zero-order valence-corrected chi connectivity index (χ0v) is 10.6. The fourth-order valence-electron chi connectivity index (χ4n) is 1.62. The fourth-order valence-corrected chi connectivity index (χ4v) is 1.62. The number of Topliss-reactive ketones (excluding diaryl/α,β-unsaturated/α-hetero) is 1. The van der Waals surface area contributed by atoms with E-state index in [0.717, 1.165) is 5.56 Å². The number of nitrogens with one attached hydrogen (secondary N) is 1. The minimum Gasteiger partial charge on any atom is -0.478 e. The Kier molecular flexibility index (Phi) is 5.00. The Labute approximate surface area is 110 Å². The largest absolute Gasteiger partial charge is 0.478 e. The molecule has 0 bridgehead atoms. The summed E-state index contributed by atoms with van der Waals surface area (Å²) < 4.78 is 0. The van der Waals surface area contributed by atoms with Gasteiger partial charge >= 0.3 is 5.97 Å². The van der Waals surface area contributed by atoms with Gasteiger partial charge in [0.2, 0.25) is 5.91 Å². The van der Waals surface area contributed by atoms with Gasteiger partial charge in [-0.05, 0) is 5.56 Å². The van der Waals surface area contributed by atoms with Crippen LogP contribution in [0.2, 0.25) is 0 Å². The first-order chi connectivity index (χ1) is 8.91. The Morgan fingerprint density at radius 2 is 1.84 bits per heavy atom. The van der Waals surface area contributed by atoms with Gasteiger partial charge in [-0.15, -0.1) is 0 Å². The molecule has 0 spiro atoms. The van der Waals surface area contributed by atoms with Crippen molar-refractivity contribution in [2.24, 2.45) is 0 Å². The normalized spacial score (nSPS) is 11.4. The van der Waals surface area contributed by atoms with E-state index >= 15 is 0 Å². The predicted molar refractivity (Wildman–Crippen MR) is 69.5 cm³/mol. The van der Waals surface area contributed by atoms with Crippen molar-refractivity contribution in [1.82, 2.24) is 5.32 Å². The fraction of sp³-hybridized carbons (Fsp3) is 0.214. The average molecular weight is 261 g/mol. The molecule has 1 rings (SSSR count). The maximum absolute atomic E-state index is 11.9. The van der Waals surface area contributed by atoms with E-state index in [2.05, 4.69) is 11.9 Å². The monoisotopic (exact) mass is 261 g/mol.